The van der Waals surface area contributed by atoms with Crippen LogP contribution in [0.1, 0.15) is 21.9 Å². The third kappa shape index (κ3) is 4.31. The Labute approximate surface area is 170 Å². The molecule has 4 rings (SSSR count). The fourth-order valence-electron chi connectivity index (χ4n) is 2.82. The first-order valence-electron chi connectivity index (χ1n) is 8.82. The Bertz CT molecular complexity index is 984. The van der Waals surface area contributed by atoms with Crippen LogP contribution in [0.4, 0.5) is 0 Å². The summed E-state index contributed by atoms with van der Waals surface area (Å²) < 4.78 is 23.4. The molecule has 0 atom stereocenters. The lowest BCUT2D eigenvalue weighted by molar-refractivity contribution is 0.0918. The van der Waals surface area contributed by atoms with E-state index in [1.807, 2.05) is 42.5 Å². The molecule has 2 heterocycles. The van der Waals surface area contributed by atoms with Crippen molar-refractivity contribution in [3.05, 3.63) is 76.2 Å². The minimum atomic E-state index is -0.303. The maximum atomic E-state index is 12.4. The molecule has 0 aliphatic carbocycles. The van der Waals surface area contributed by atoms with Crippen LogP contribution in [-0.4, -0.2) is 19.1 Å². The van der Waals surface area contributed by atoms with Crippen LogP contribution in [0.3, 0.4) is 0 Å². The second-order valence-electron chi connectivity index (χ2n) is 6.14. The summed E-state index contributed by atoms with van der Waals surface area (Å²) in [6.45, 7) is 1.58. The van der Waals surface area contributed by atoms with E-state index >= 15 is 0 Å². The summed E-state index contributed by atoms with van der Waals surface area (Å²) in [5.74, 6) is 2.59. The molecule has 2 aromatic carbocycles. The van der Waals surface area contributed by atoms with Gasteiger partial charge in [-0.25, -0.2) is 0 Å². The van der Waals surface area contributed by atoms with Crippen molar-refractivity contribution in [3.8, 4) is 17.2 Å². The van der Waals surface area contributed by atoms with E-state index in [-0.39, 0.29) is 18.3 Å². The largest absolute Gasteiger partial charge is 0.486 e. The molecule has 144 valence electrons. The first kappa shape index (κ1) is 18.4. The van der Waals surface area contributed by atoms with E-state index < -0.39 is 0 Å². The molecular formula is C21H18BrNO5. The van der Waals surface area contributed by atoms with E-state index in [4.69, 9.17) is 18.6 Å². The molecule has 1 aromatic heterocycles. The molecule has 0 saturated carbocycles. The monoisotopic (exact) mass is 443 g/mol. The predicted octanol–water partition coefficient (Wildman–Crippen LogP) is 4.32. The Morgan fingerprint density at radius 2 is 1.93 bits per heavy atom. The summed E-state index contributed by atoms with van der Waals surface area (Å²) >= 11 is 3.40. The Hall–Kier alpha value is -2.93. The van der Waals surface area contributed by atoms with Gasteiger partial charge in [0, 0.05) is 16.6 Å². The van der Waals surface area contributed by atoms with E-state index in [0.29, 0.717) is 42.8 Å². The average Bonchev–Trinajstić information content (AvgIpc) is 3.20. The van der Waals surface area contributed by atoms with Gasteiger partial charge in [0.2, 0.25) is 0 Å². The Morgan fingerprint density at radius 1 is 1.07 bits per heavy atom. The van der Waals surface area contributed by atoms with Gasteiger partial charge in [-0.2, -0.15) is 0 Å². The van der Waals surface area contributed by atoms with Crippen molar-refractivity contribution in [2.45, 2.75) is 13.2 Å². The minimum absolute atomic E-state index is 0.231. The summed E-state index contributed by atoms with van der Waals surface area (Å²) in [6.07, 6.45) is 0. The molecule has 0 radical (unpaired) electrons. The fourth-order valence-corrected chi connectivity index (χ4v) is 3.20. The SMILES string of the molecule is O=C(NCc1cccc2c1OCCO2)c1ccc(COc2cccc(Br)c2)o1. The second-order valence-corrected chi connectivity index (χ2v) is 7.05. The number of nitrogens with one attached hydrogen (secondary N) is 1. The molecule has 0 spiro atoms. The van der Waals surface area contributed by atoms with Crippen molar-refractivity contribution in [2.24, 2.45) is 0 Å². The fraction of sp³-hybridized carbons (Fsp3) is 0.190. The topological polar surface area (TPSA) is 69.9 Å². The number of fused-ring (bicyclic) bond motifs is 1. The number of amides is 1. The average molecular weight is 444 g/mol. The molecule has 1 aliphatic heterocycles. The van der Waals surface area contributed by atoms with Crippen LogP contribution in [0.2, 0.25) is 0 Å². The van der Waals surface area contributed by atoms with Gasteiger partial charge in [0.25, 0.3) is 5.91 Å². The highest BCUT2D eigenvalue weighted by Crippen LogP contribution is 2.33. The van der Waals surface area contributed by atoms with Crippen LogP contribution in [0, 0.1) is 0 Å². The van der Waals surface area contributed by atoms with Gasteiger partial charge < -0.3 is 23.9 Å². The van der Waals surface area contributed by atoms with E-state index in [2.05, 4.69) is 21.2 Å². The van der Waals surface area contributed by atoms with Gasteiger partial charge in [0.1, 0.15) is 31.3 Å². The molecule has 7 heteroatoms. The van der Waals surface area contributed by atoms with Gasteiger partial charge in [-0.15, -0.1) is 0 Å². The number of halogens is 1. The number of ether oxygens (including phenoxy) is 3. The lowest BCUT2D eigenvalue weighted by Gasteiger charge is -2.20. The third-order valence-electron chi connectivity index (χ3n) is 4.15. The molecule has 0 fully saturated rings. The smallest absolute Gasteiger partial charge is 0.287 e. The third-order valence-corrected chi connectivity index (χ3v) is 4.64. The number of furan rings is 1. The lowest BCUT2D eigenvalue weighted by atomic mass is 10.1. The highest BCUT2D eigenvalue weighted by atomic mass is 79.9. The lowest BCUT2D eigenvalue weighted by Crippen LogP contribution is -2.24. The van der Waals surface area contributed by atoms with Crippen LogP contribution in [0.5, 0.6) is 17.2 Å². The highest BCUT2D eigenvalue weighted by Gasteiger charge is 2.17. The zero-order chi connectivity index (χ0) is 19.3. The van der Waals surface area contributed by atoms with Crippen molar-refractivity contribution in [2.75, 3.05) is 13.2 Å². The Kier molecular flexibility index (Phi) is 5.53. The maximum Gasteiger partial charge on any atom is 0.287 e. The van der Waals surface area contributed by atoms with E-state index in [0.717, 1.165) is 10.0 Å². The summed E-state index contributed by atoms with van der Waals surface area (Å²) in [5, 5.41) is 2.84. The van der Waals surface area contributed by atoms with Gasteiger partial charge in [0.15, 0.2) is 17.3 Å². The number of hydrogen-bond acceptors (Lipinski definition) is 5. The Morgan fingerprint density at radius 3 is 2.82 bits per heavy atom. The van der Waals surface area contributed by atoms with E-state index in [1.165, 1.54) is 0 Å². The molecule has 1 aliphatic rings. The zero-order valence-corrected chi connectivity index (χ0v) is 16.5. The number of rotatable bonds is 6. The van der Waals surface area contributed by atoms with Crippen LogP contribution in [0.25, 0.3) is 0 Å². The molecule has 6 nitrogen and oxygen atoms in total. The number of carbonyl (C=O) groups excluding carboxylic acids is 1. The highest BCUT2D eigenvalue weighted by molar-refractivity contribution is 9.10. The summed E-state index contributed by atoms with van der Waals surface area (Å²) in [5.41, 5.74) is 0.857. The zero-order valence-electron chi connectivity index (χ0n) is 14.9. The van der Waals surface area contributed by atoms with Crippen molar-refractivity contribution >= 4 is 21.8 Å². The maximum absolute atomic E-state index is 12.4. The van der Waals surface area contributed by atoms with Gasteiger partial charge in [-0.3, -0.25) is 4.79 Å². The predicted molar refractivity (Wildman–Crippen MR) is 106 cm³/mol. The van der Waals surface area contributed by atoms with Gasteiger partial charge in [0.05, 0.1) is 0 Å². The summed E-state index contributed by atoms with van der Waals surface area (Å²) in [6, 6.07) is 16.5. The number of hydrogen-bond donors (Lipinski definition) is 1. The van der Waals surface area contributed by atoms with E-state index in [1.54, 1.807) is 12.1 Å². The van der Waals surface area contributed by atoms with Crippen LogP contribution >= 0.6 is 15.9 Å². The molecule has 0 unspecified atom stereocenters. The van der Waals surface area contributed by atoms with Gasteiger partial charge in [-0.05, 0) is 36.4 Å². The standard InChI is InChI=1S/C21H18BrNO5/c22-15-4-2-5-16(11-15)27-13-17-7-8-19(28-17)21(24)23-12-14-3-1-6-18-20(14)26-10-9-25-18/h1-8,11H,9-10,12-13H2,(H,23,24). The van der Waals surface area contributed by atoms with Crippen molar-refractivity contribution in [3.63, 3.8) is 0 Å². The molecule has 1 amide bonds. The van der Waals surface area contributed by atoms with Crippen LogP contribution < -0.4 is 19.5 Å². The first-order chi connectivity index (χ1) is 13.7. The van der Waals surface area contributed by atoms with Crippen molar-refractivity contribution in [1.82, 2.24) is 5.32 Å². The van der Waals surface area contributed by atoms with Gasteiger partial charge in [-0.1, -0.05) is 34.1 Å². The number of benzene rings is 2. The molecule has 0 saturated heterocycles. The molecule has 1 N–H and O–H groups in total. The van der Waals surface area contributed by atoms with Crippen LogP contribution in [0.15, 0.2) is 63.5 Å². The second kappa shape index (κ2) is 8.39. The number of carbonyl (C=O) groups is 1. The quantitative estimate of drug-likeness (QED) is 0.613. The minimum Gasteiger partial charge on any atom is -0.486 e. The Balaban J connectivity index is 1.35. The molecular weight excluding hydrogens is 426 g/mol. The first-order valence-corrected chi connectivity index (χ1v) is 9.61. The number of para-hydroxylation sites is 1. The molecule has 3 aromatic rings. The van der Waals surface area contributed by atoms with Crippen molar-refractivity contribution in [1.29, 1.82) is 0 Å². The van der Waals surface area contributed by atoms with Crippen molar-refractivity contribution < 1.29 is 23.4 Å². The summed E-state index contributed by atoms with van der Waals surface area (Å²) in [4.78, 5) is 12.4. The normalized spacial score (nSPS) is 12.5. The molecule has 28 heavy (non-hydrogen) atoms. The van der Waals surface area contributed by atoms with Crippen LogP contribution in [-0.2, 0) is 13.2 Å². The van der Waals surface area contributed by atoms with E-state index in [9.17, 15) is 4.79 Å². The van der Waals surface area contributed by atoms with Gasteiger partial charge >= 0.3 is 0 Å². The molecule has 0 bridgehead atoms. The summed E-state index contributed by atoms with van der Waals surface area (Å²) in [7, 11) is 0.